The van der Waals surface area contributed by atoms with Gasteiger partial charge in [0, 0.05) is 0 Å². The van der Waals surface area contributed by atoms with Gasteiger partial charge in [0.1, 0.15) is 0 Å². The Bertz CT molecular complexity index is 326. The van der Waals surface area contributed by atoms with Gasteiger partial charge in [-0.15, -0.1) is 0 Å². The Morgan fingerprint density at radius 1 is 0.724 bits per heavy atom. The average molecular weight is 414 g/mol. The van der Waals surface area contributed by atoms with Crippen LogP contribution >= 0.6 is 0 Å². The van der Waals surface area contributed by atoms with Gasteiger partial charge >= 0.3 is 0 Å². The SMILES string of the molecule is CC(C)(C)C1CC1.CC(C)C(C)(C)C.CC(C)CC1CC1.CCC(C)(C)C.CN. The zero-order chi connectivity index (χ0) is 24.1. The average Bonchev–Trinajstić information content (AvgIpc) is 3.41. The second kappa shape index (κ2) is 15.7. The molecule has 0 aromatic carbocycles. The van der Waals surface area contributed by atoms with Crippen molar-refractivity contribution < 1.29 is 0 Å². The zero-order valence-corrected chi connectivity index (χ0v) is 23.6. The Morgan fingerprint density at radius 3 is 1.07 bits per heavy atom. The fourth-order valence-electron chi connectivity index (χ4n) is 1.97. The normalized spacial score (nSPS) is 16.3. The molecule has 2 aliphatic carbocycles. The predicted molar refractivity (Wildman–Crippen MR) is 139 cm³/mol. The highest BCUT2D eigenvalue weighted by atomic mass is 14.4. The molecule has 0 saturated heterocycles. The van der Waals surface area contributed by atoms with Crippen LogP contribution in [0.5, 0.6) is 0 Å². The quantitative estimate of drug-likeness (QED) is 0.479. The summed E-state index contributed by atoms with van der Waals surface area (Å²) >= 11 is 0. The van der Waals surface area contributed by atoms with E-state index >= 15 is 0 Å². The molecule has 180 valence electrons. The first-order valence-corrected chi connectivity index (χ1v) is 12.5. The molecule has 0 spiro atoms. The van der Waals surface area contributed by atoms with E-state index in [9.17, 15) is 0 Å². The van der Waals surface area contributed by atoms with Gasteiger partial charge in [-0.1, -0.05) is 116 Å². The third-order valence-electron chi connectivity index (χ3n) is 6.10. The lowest BCUT2D eigenvalue weighted by molar-refractivity contribution is 0.283. The topological polar surface area (TPSA) is 26.0 Å². The Hall–Kier alpha value is -0.0400. The largest absolute Gasteiger partial charge is 0.333 e. The summed E-state index contributed by atoms with van der Waals surface area (Å²) in [6.45, 7) is 31.8. The molecule has 0 bridgehead atoms. The predicted octanol–water partition coefficient (Wildman–Crippen LogP) is 9.59. The van der Waals surface area contributed by atoms with Crippen LogP contribution in [0.2, 0.25) is 0 Å². The maximum absolute atomic E-state index is 4.50. The minimum atomic E-state index is 0.500. The van der Waals surface area contributed by atoms with Crippen LogP contribution in [0.4, 0.5) is 0 Å². The van der Waals surface area contributed by atoms with Gasteiger partial charge in [0.25, 0.3) is 0 Å². The van der Waals surface area contributed by atoms with E-state index in [2.05, 4.69) is 103 Å². The second-order valence-corrected chi connectivity index (χ2v) is 13.1. The van der Waals surface area contributed by atoms with E-state index in [1.165, 1.54) is 45.6 Å². The first-order valence-electron chi connectivity index (χ1n) is 12.5. The van der Waals surface area contributed by atoms with E-state index in [0.29, 0.717) is 16.2 Å². The van der Waals surface area contributed by atoms with Gasteiger partial charge in [-0.05, 0) is 66.2 Å². The molecule has 0 amide bonds. The van der Waals surface area contributed by atoms with Crippen molar-refractivity contribution in [2.45, 2.75) is 135 Å². The third-order valence-corrected chi connectivity index (χ3v) is 6.10. The number of nitrogens with two attached hydrogens (primary N) is 1. The molecular formula is C28H63N. The summed E-state index contributed by atoms with van der Waals surface area (Å²) in [5.41, 5.74) is 6.15. The fourth-order valence-corrected chi connectivity index (χ4v) is 1.97. The minimum absolute atomic E-state index is 0.500. The Labute approximate surface area is 188 Å². The van der Waals surface area contributed by atoms with E-state index in [1.54, 1.807) is 0 Å². The van der Waals surface area contributed by atoms with Crippen LogP contribution in [-0.4, -0.2) is 7.05 Å². The van der Waals surface area contributed by atoms with Gasteiger partial charge in [-0.25, -0.2) is 0 Å². The molecule has 0 aromatic rings. The summed E-state index contributed by atoms with van der Waals surface area (Å²) in [4.78, 5) is 0. The van der Waals surface area contributed by atoms with Crippen LogP contribution in [0.1, 0.15) is 135 Å². The molecule has 2 aliphatic rings. The van der Waals surface area contributed by atoms with Crippen LogP contribution in [-0.2, 0) is 0 Å². The number of hydrogen-bond donors (Lipinski definition) is 1. The molecule has 2 saturated carbocycles. The molecule has 0 unspecified atom stereocenters. The van der Waals surface area contributed by atoms with Crippen LogP contribution < -0.4 is 5.73 Å². The maximum Gasteiger partial charge on any atom is -0.0195 e. The molecule has 1 heteroatoms. The van der Waals surface area contributed by atoms with Crippen molar-refractivity contribution in [1.29, 1.82) is 0 Å². The third kappa shape index (κ3) is 30.2. The molecule has 1 nitrogen and oxygen atoms in total. The van der Waals surface area contributed by atoms with Gasteiger partial charge in [0.2, 0.25) is 0 Å². The fraction of sp³-hybridized carbons (Fsp3) is 1.00. The second-order valence-electron chi connectivity index (χ2n) is 13.1. The molecule has 0 radical (unpaired) electrons. The summed E-state index contributed by atoms with van der Waals surface area (Å²) in [6.07, 6.45) is 8.72. The highest BCUT2D eigenvalue weighted by molar-refractivity contribution is 4.84. The summed E-state index contributed by atoms with van der Waals surface area (Å²) < 4.78 is 0. The summed E-state index contributed by atoms with van der Waals surface area (Å²) in [6, 6.07) is 0. The molecule has 0 heterocycles. The van der Waals surface area contributed by atoms with Crippen LogP contribution in [0.15, 0.2) is 0 Å². The number of hydrogen-bond acceptors (Lipinski definition) is 1. The Morgan fingerprint density at radius 2 is 1.03 bits per heavy atom. The summed E-state index contributed by atoms with van der Waals surface area (Å²) in [5.74, 6) is 3.91. The zero-order valence-electron chi connectivity index (χ0n) is 23.6. The molecular weight excluding hydrogens is 350 g/mol. The molecule has 0 aromatic heterocycles. The van der Waals surface area contributed by atoms with Crippen molar-refractivity contribution in [1.82, 2.24) is 0 Å². The highest BCUT2D eigenvalue weighted by Gasteiger charge is 2.33. The van der Waals surface area contributed by atoms with Crippen molar-refractivity contribution in [2.75, 3.05) is 7.05 Å². The molecule has 2 N–H and O–H groups in total. The van der Waals surface area contributed by atoms with Crippen molar-refractivity contribution in [3.05, 3.63) is 0 Å². The van der Waals surface area contributed by atoms with E-state index in [-0.39, 0.29) is 0 Å². The standard InChI is InChI=1S/2C7H14.C7H16.C6H14.CH5N/c1-7(2,3)6-4-5-6;1-6(2)5-7-3-4-7;1-6(2)7(3,4)5;1-5-6(2,3)4;1-2/h6H,4-5H2,1-3H3;6-7H,3-5H2,1-2H3;6H,1-5H3;5H2,1-4H3;2H2,1H3. The molecule has 0 atom stereocenters. The lowest BCUT2D eigenvalue weighted by atomic mass is 9.84. The number of rotatable bonds is 2. The van der Waals surface area contributed by atoms with Crippen molar-refractivity contribution in [3.63, 3.8) is 0 Å². The van der Waals surface area contributed by atoms with Gasteiger partial charge in [0.15, 0.2) is 0 Å². The van der Waals surface area contributed by atoms with Gasteiger partial charge in [-0.2, -0.15) is 0 Å². The summed E-state index contributed by atoms with van der Waals surface area (Å²) in [7, 11) is 1.50. The van der Waals surface area contributed by atoms with E-state index in [0.717, 1.165) is 23.7 Å². The monoisotopic (exact) mass is 413 g/mol. The van der Waals surface area contributed by atoms with E-state index < -0.39 is 0 Å². The van der Waals surface area contributed by atoms with Crippen LogP contribution in [0, 0.1) is 39.9 Å². The maximum atomic E-state index is 4.50. The van der Waals surface area contributed by atoms with Crippen molar-refractivity contribution in [2.24, 2.45) is 45.7 Å². The van der Waals surface area contributed by atoms with Gasteiger partial charge in [0.05, 0.1) is 0 Å². The lowest BCUT2D eigenvalue weighted by Crippen LogP contribution is -2.12. The summed E-state index contributed by atoms with van der Waals surface area (Å²) in [5, 5.41) is 0. The molecule has 2 fully saturated rings. The molecule has 29 heavy (non-hydrogen) atoms. The van der Waals surface area contributed by atoms with Gasteiger partial charge < -0.3 is 5.73 Å². The Balaban J connectivity index is -0.000000303. The Kier molecular flexibility index (Phi) is 18.2. The van der Waals surface area contributed by atoms with Crippen molar-refractivity contribution >= 4 is 0 Å². The first-order chi connectivity index (χ1) is 12.9. The molecule has 2 rings (SSSR count). The highest BCUT2D eigenvalue weighted by Crippen LogP contribution is 2.44. The van der Waals surface area contributed by atoms with Gasteiger partial charge in [-0.3, -0.25) is 0 Å². The van der Waals surface area contributed by atoms with E-state index in [1.807, 2.05) is 0 Å². The van der Waals surface area contributed by atoms with Crippen LogP contribution in [0.3, 0.4) is 0 Å². The molecule has 0 aliphatic heterocycles. The minimum Gasteiger partial charge on any atom is -0.333 e. The smallest absolute Gasteiger partial charge is 0.0195 e. The van der Waals surface area contributed by atoms with Crippen LogP contribution in [0.25, 0.3) is 0 Å². The van der Waals surface area contributed by atoms with E-state index in [4.69, 9.17) is 0 Å². The lowest BCUT2D eigenvalue weighted by Gasteiger charge is -2.22. The first kappa shape index (κ1) is 33.6. The van der Waals surface area contributed by atoms with Crippen molar-refractivity contribution in [3.8, 4) is 0 Å².